The van der Waals surface area contributed by atoms with Crippen LogP contribution in [0.15, 0.2) is 48.8 Å². The molecule has 4 aromatic heterocycles. The standard InChI is InChI=1S/C25H23N7OS/c1-15-16(2)34-24-20(15)23(27-22(28-24)17-6-5-9-26-14-17)31-10-12-32(13-11-31)25(33)21-18-7-3-4-8-19(18)29-30-21/h3-9,14H,10-13H2,1-2H3,(H,29,30). The van der Waals surface area contributed by atoms with Gasteiger partial charge in [-0.25, -0.2) is 9.97 Å². The predicted molar refractivity (Wildman–Crippen MR) is 134 cm³/mol. The molecule has 9 heteroatoms. The van der Waals surface area contributed by atoms with E-state index in [1.165, 1.54) is 10.4 Å². The molecule has 0 unspecified atom stereocenters. The fourth-order valence-corrected chi connectivity index (χ4v) is 5.50. The number of H-pyrrole nitrogens is 1. The summed E-state index contributed by atoms with van der Waals surface area (Å²) in [6.07, 6.45) is 3.55. The number of para-hydroxylation sites is 1. The molecule has 6 rings (SSSR count). The summed E-state index contributed by atoms with van der Waals surface area (Å²) < 4.78 is 0. The lowest BCUT2D eigenvalue weighted by molar-refractivity contribution is 0.0742. The van der Waals surface area contributed by atoms with E-state index in [0.29, 0.717) is 37.7 Å². The molecule has 1 aliphatic heterocycles. The Bertz CT molecular complexity index is 1520. The zero-order valence-electron chi connectivity index (χ0n) is 18.9. The van der Waals surface area contributed by atoms with E-state index in [4.69, 9.17) is 9.97 Å². The van der Waals surface area contributed by atoms with Gasteiger partial charge in [0.2, 0.25) is 0 Å². The number of pyridine rings is 1. The second kappa shape index (κ2) is 8.18. The van der Waals surface area contributed by atoms with Crippen LogP contribution < -0.4 is 4.90 Å². The maximum Gasteiger partial charge on any atom is 0.275 e. The first-order valence-electron chi connectivity index (χ1n) is 11.3. The van der Waals surface area contributed by atoms with Crippen LogP contribution in [0.3, 0.4) is 0 Å². The minimum atomic E-state index is -0.0384. The van der Waals surface area contributed by atoms with E-state index in [1.54, 1.807) is 23.7 Å². The van der Waals surface area contributed by atoms with Gasteiger partial charge in [-0.2, -0.15) is 5.10 Å². The summed E-state index contributed by atoms with van der Waals surface area (Å²) in [5.74, 6) is 1.57. The number of fused-ring (bicyclic) bond motifs is 2. The average molecular weight is 470 g/mol. The number of benzene rings is 1. The quantitative estimate of drug-likeness (QED) is 0.426. The number of aryl methyl sites for hydroxylation is 2. The third-order valence-electron chi connectivity index (χ3n) is 6.47. The van der Waals surface area contributed by atoms with E-state index in [-0.39, 0.29) is 5.91 Å². The Morgan fingerprint density at radius 3 is 2.65 bits per heavy atom. The number of thiophene rings is 1. The van der Waals surface area contributed by atoms with Crippen molar-refractivity contribution in [3.63, 3.8) is 0 Å². The van der Waals surface area contributed by atoms with Crippen LogP contribution in [0.5, 0.6) is 0 Å². The Kier molecular flexibility index (Phi) is 4.99. The molecule has 1 amide bonds. The summed E-state index contributed by atoms with van der Waals surface area (Å²) in [6.45, 7) is 6.86. The van der Waals surface area contributed by atoms with E-state index in [1.807, 2.05) is 41.3 Å². The number of nitrogens with zero attached hydrogens (tertiary/aromatic N) is 6. The molecule has 0 bridgehead atoms. The molecule has 1 N–H and O–H groups in total. The molecule has 0 atom stereocenters. The molecule has 0 radical (unpaired) electrons. The van der Waals surface area contributed by atoms with Crippen LogP contribution in [0.25, 0.3) is 32.5 Å². The van der Waals surface area contributed by atoms with Crippen molar-refractivity contribution >= 4 is 44.2 Å². The minimum absolute atomic E-state index is 0.0384. The molecule has 1 fully saturated rings. The van der Waals surface area contributed by atoms with Crippen LogP contribution in [0.1, 0.15) is 20.9 Å². The van der Waals surface area contributed by atoms with E-state index in [9.17, 15) is 4.79 Å². The molecule has 1 saturated heterocycles. The van der Waals surface area contributed by atoms with Crippen molar-refractivity contribution in [2.24, 2.45) is 0 Å². The Labute approximate surface area is 200 Å². The summed E-state index contributed by atoms with van der Waals surface area (Å²) in [4.78, 5) is 33.7. The van der Waals surface area contributed by atoms with Crippen LogP contribution in [0.2, 0.25) is 0 Å². The number of piperazine rings is 1. The Morgan fingerprint density at radius 1 is 1.03 bits per heavy atom. The third kappa shape index (κ3) is 3.40. The number of aromatic nitrogens is 5. The van der Waals surface area contributed by atoms with Crippen molar-refractivity contribution in [2.75, 3.05) is 31.1 Å². The maximum absolute atomic E-state index is 13.2. The van der Waals surface area contributed by atoms with Gasteiger partial charge in [0.15, 0.2) is 11.5 Å². The van der Waals surface area contributed by atoms with Crippen molar-refractivity contribution in [1.29, 1.82) is 0 Å². The van der Waals surface area contributed by atoms with Gasteiger partial charge in [-0.1, -0.05) is 18.2 Å². The largest absolute Gasteiger partial charge is 0.352 e. The van der Waals surface area contributed by atoms with Gasteiger partial charge in [0.05, 0.1) is 10.9 Å². The van der Waals surface area contributed by atoms with E-state index in [2.05, 4.69) is 33.9 Å². The number of hydrogen-bond donors (Lipinski definition) is 1. The molecule has 0 aliphatic carbocycles. The molecule has 170 valence electrons. The summed E-state index contributed by atoms with van der Waals surface area (Å²) >= 11 is 1.70. The SMILES string of the molecule is Cc1sc2nc(-c3cccnc3)nc(N3CCN(C(=O)c4n[nH]c5ccccc45)CC3)c2c1C. The molecular formula is C25H23N7OS. The van der Waals surface area contributed by atoms with Crippen LogP contribution in [0, 0.1) is 13.8 Å². The second-order valence-electron chi connectivity index (χ2n) is 8.47. The second-order valence-corrected chi connectivity index (χ2v) is 9.68. The monoisotopic (exact) mass is 469 g/mol. The summed E-state index contributed by atoms with van der Waals surface area (Å²) in [5.41, 5.74) is 3.47. The van der Waals surface area contributed by atoms with Gasteiger partial charge in [-0.05, 0) is 37.6 Å². The summed E-state index contributed by atoms with van der Waals surface area (Å²) in [6, 6.07) is 11.6. The number of hydrogen-bond acceptors (Lipinski definition) is 7. The van der Waals surface area contributed by atoms with Gasteiger partial charge < -0.3 is 9.80 Å². The van der Waals surface area contributed by atoms with Gasteiger partial charge in [0, 0.05) is 54.4 Å². The Balaban J connectivity index is 1.31. The highest BCUT2D eigenvalue weighted by Gasteiger charge is 2.28. The molecule has 8 nitrogen and oxygen atoms in total. The average Bonchev–Trinajstić information content (AvgIpc) is 3.44. The van der Waals surface area contributed by atoms with Crippen LogP contribution >= 0.6 is 11.3 Å². The first-order chi connectivity index (χ1) is 16.6. The number of carbonyl (C=O) groups is 1. The van der Waals surface area contributed by atoms with Gasteiger partial charge in [-0.3, -0.25) is 14.9 Å². The fraction of sp³-hybridized carbons (Fsp3) is 0.240. The topological polar surface area (TPSA) is 90.9 Å². The lowest BCUT2D eigenvalue weighted by atomic mass is 10.1. The number of carbonyl (C=O) groups excluding carboxylic acids is 1. The van der Waals surface area contributed by atoms with Crippen LogP contribution in [0.4, 0.5) is 5.82 Å². The number of anilines is 1. The lowest BCUT2D eigenvalue weighted by Crippen LogP contribution is -2.49. The molecule has 1 aliphatic rings. The fourth-order valence-electron chi connectivity index (χ4n) is 4.48. The zero-order chi connectivity index (χ0) is 23.2. The molecule has 0 spiro atoms. The van der Waals surface area contributed by atoms with Crippen molar-refractivity contribution in [1.82, 2.24) is 30.0 Å². The lowest BCUT2D eigenvalue weighted by Gasteiger charge is -2.35. The van der Waals surface area contributed by atoms with Crippen molar-refractivity contribution in [3.8, 4) is 11.4 Å². The number of rotatable bonds is 3. The molecular weight excluding hydrogens is 446 g/mol. The van der Waals surface area contributed by atoms with Crippen LogP contribution in [-0.4, -0.2) is 62.1 Å². The van der Waals surface area contributed by atoms with E-state index >= 15 is 0 Å². The Hall–Kier alpha value is -3.85. The van der Waals surface area contributed by atoms with Gasteiger partial charge in [0.1, 0.15) is 10.6 Å². The number of amides is 1. The summed E-state index contributed by atoms with van der Waals surface area (Å²) in [5, 5.41) is 9.22. The normalized spacial score (nSPS) is 14.3. The van der Waals surface area contributed by atoms with Crippen LogP contribution in [-0.2, 0) is 0 Å². The zero-order valence-corrected chi connectivity index (χ0v) is 19.8. The number of nitrogens with one attached hydrogen (secondary N) is 1. The minimum Gasteiger partial charge on any atom is -0.352 e. The maximum atomic E-state index is 13.2. The van der Waals surface area contributed by atoms with Gasteiger partial charge >= 0.3 is 0 Å². The number of aromatic amines is 1. The third-order valence-corrected chi connectivity index (χ3v) is 7.57. The molecule has 5 aromatic rings. The van der Waals surface area contributed by atoms with Crippen molar-refractivity contribution in [3.05, 3.63) is 64.9 Å². The molecule has 1 aromatic carbocycles. The molecule has 34 heavy (non-hydrogen) atoms. The predicted octanol–water partition coefficient (Wildman–Crippen LogP) is 4.21. The van der Waals surface area contributed by atoms with Crippen molar-refractivity contribution < 1.29 is 4.79 Å². The highest BCUT2D eigenvalue weighted by molar-refractivity contribution is 7.18. The highest BCUT2D eigenvalue weighted by atomic mass is 32.1. The van der Waals surface area contributed by atoms with Gasteiger partial charge in [-0.15, -0.1) is 11.3 Å². The van der Waals surface area contributed by atoms with E-state index in [0.717, 1.165) is 32.5 Å². The summed E-state index contributed by atoms with van der Waals surface area (Å²) in [7, 11) is 0. The molecule has 5 heterocycles. The first kappa shape index (κ1) is 20.7. The van der Waals surface area contributed by atoms with Gasteiger partial charge in [0.25, 0.3) is 5.91 Å². The Morgan fingerprint density at radius 2 is 1.85 bits per heavy atom. The van der Waals surface area contributed by atoms with E-state index < -0.39 is 0 Å². The molecule has 0 saturated carbocycles. The first-order valence-corrected chi connectivity index (χ1v) is 12.1. The van der Waals surface area contributed by atoms with Crippen molar-refractivity contribution in [2.45, 2.75) is 13.8 Å². The smallest absolute Gasteiger partial charge is 0.275 e. The highest BCUT2D eigenvalue weighted by Crippen LogP contribution is 2.37.